The largest absolute Gasteiger partial charge is 0.494 e. The number of hydrogen-bond acceptors (Lipinski definition) is 4. The minimum Gasteiger partial charge on any atom is -0.494 e. The molecule has 1 heterocycles. The van der Waals surface area contributed by atoms with Gasteiger partial charge in [0.2, 0.25) is 0 Å². The Hall–Kier alpha value is -1.66. The number of carbonyl (C=O) groups is 1. The SMILES string of the molecule is COc1ccc(CN2CCN(CCC(=O)O)CC2)cc1F. The molecule has 0 atom stereocenters. The summed E-state index contributed by atoms with van der Waals surface area (Å²) in [6.45, 7) is 4.74. The summed E-state index contributed by atoms with van der Waals surface area (Å²) in [6.07, 6.45) is 0.184. The van der Waals surface area contributed by atoms with Gasteiger partial charge in [0, 0.05) is 39.3 Å². The molecule has 1 aliphatic rings. The molecule has 0 saturated carbocycles. The maximum absolute atomic E-state index is 13.6. The van der Waals surface area contributed by atoms with E-state index in [1.165, 1.54) is 13.2 Å². The monoisotopic (exact) mass is 296 g/mol. The van der Waals surface area contributed by atoms with Crippen LogP contribution in [-0.2, 0) is 11.3 Å². The summed E-state index contributed by atoms with van der Waals surface area (Å²) in [5, 5.41) is 8.68. The predicted molar refractivity (Wildman–Crippen MR) is 76.9 cm³/mol. The first-order valence-corrected chi connectivity index (χ1v) is 7.07. The predicted octanol–water partition coefficient (Wildman–Crippen LogP) is 1.43. The van der Waals surface area contributed by atoms with Crippen molar-refractivity contribution in [2.75, 3.05) is 39.8 Å². The molecule has 0 unspecified atom stereocenters. The standard InChI is InChI=1S/C15H21FN2O3/c1-21-14-3-2-12(10-13(14)16)11-18-8-6-17(7-9-18)5-4-15(19)20/h2-3,10H,4-9,11H2,1H3,(H,19,20). The molecule has 0 bridgehead atoms. The number of aliphatic carboxylic acids is 1. The zero-order valence-electron chi connectivity index (χ0n) is 12.2. The second-order valence-electron chi connectivity index (χ2n) is 5.23. The van der Waals surface area contributed by atoms with Crippen LogP contribution in [0.4, 0.5) is 4.39 Å². The summed E-state index contributed by atoms with van der Waals surface area (Å²) in [6, 6.07) is 5.03. The molecule has 1 N–H and O–H groups in total. The third-order valence-corrected chi connectivity index (χ3v) is 3.73. The van der Waals surface area contributed by atoms with Crippen LogP contribution in [0.5, 0.6) is 5.75 Å². The van der Waals surface area contributed by atoms with E-state index in [1.54, 1.807) is 6.07 Å². The van der Waals surface area contributed by atoms with Crippen LogP contribution in [0.25, 0.3) is 0 Å². The average Bonchev–Trinajstić information content (AvgIpc) is 2.47. The molecule has 116 valence electrons. The lowest BCUT2D eigenvalue weighted by Gasteiger charge is -2.34. The molecule has 1 saturated heterocycles. The summed E-state index contributed by atoms with van der Waals surface area (Å²) in [4.78, 5) is 14.9. The van der Waals surface area contributed by atoms with E-state index < -0.39 is 5.97 Å². The number of carboxylic acid groups (broad SMARTS) is 1. The second kappa shape index (κ2) is 7.38. The Labute approximate surface area is 123 Å². The molecule has 0 aromatic heterocycles. The van der Waals surface area contributed by atoms with Gasteiger partial charge in [0.1, 0.15) is 0 Å². The molecule has 6 heteroatoms. The molecule has 1 aromatic carbocycles. The first-order chi connectivity index (χ1) is 10.1. The van der Waals surface area contributed by atoms with Gasteiger partial charge in [0.05, 0.1) is 13.5 Å². The van der Waals surface area contributed by atoms with Crippen molar-refractivity contribution < 1.29 is 19.0 Å². The molecule has 0 radical (unpaired) electrons. The number of nitrogens with zero attached hydrogens (tertiary/aromatic N) is 2. The number of benzene rings is 1. The normalized spacial score (nSPS) is 16.9. The van der Waals surface area contributed by atoms with Crippen LogP contribution in [0.2, 0.25) is 0 Å². The molecular formula is C15H21FN2O3. The van der Waals surface area contributed by atoms with Crippen molar-refractivity contribution in [2.24, 2.45) is 0 Å². The number of ether oxygens (including phenoxy) is 1. The molecular weight excluding hydrogens is 275 g/mol. The van der Waals surface area contributed by atoms with Gasteiger partial charge in [-0.05, 0) is 17.7 Å². The maximum atomic E-state index is 13.6. The van der Waals surface area contributed by atoms with E-state index in [1.807, 2.05) is 6.07 Å². The molecule has 2 rings (SSSR count). The maximum Gasteiger partial charge on any atom is 0.304 e. The summed E-state index contributed by atoms with van der Waals surface area (Å²) in [5.74, 6) is -0.835. The molecule has 0 aliphatic carbocycles. The van der Waals surface area contributed by atoms with E-state index in [0.717, 1.165) is 31.7 Å². The number of piperazine rings is 1. The van der Waals surface area contributed by atoms with Crippen molar-refractivity contribution >= 4 is 5.97 Å². The lowest BCUT2D eigenvalue weighted by atomic mass is 10.1. The van der Waals surface area contributed by atoms with Crippen molar-refractivity contribution in [1.82, 2.24) is 9.80 Å². The van der Waals surface area contributed by atoms with Crippen LogP contribution in [-0.4, -0.2) is 60.7 Å². The molecule has 21 heavy (non-hydrogen) atoms. The lowest BCUT2D eigenvalue weighted by Crippen LogP contribution is -2.46. The Morgan fingerprint density at radius 1 is 1.29 bits per heavy atom. The highest BCUT2D eigenvalue weighted by Crippen LogP contribution is 2.19. The quantitative estimate of drug-likeness (QED) is 0.860. The van der Waals surface area contributed by atoms with E-state index >= 15 is 0 Å². The fourth-order valence-corrected chi connectivity index (χ4v) is 2.49. The minimum atomic E-state index is -0.758. The van der Waals surface area contributed by atoms with Crippen molar-refractivity contribution in [3.63, 3.8) is 0 Å². The van der Waals surface area contributed by atoms with Gasteiger partial charge < -0.3 is 14.7 Å². The Morgan fingerprint density at radius 2 is 1.95 bits per heavy atom. The summed E-state index contributed by atoms with van der Waals surface area (Å²) in [5.41, 5.74) is 0.923. The highest BCUT2D eigenvalue weighted by molar-refractivity contribution is 5.66. The van der Waals surface area contributed by atoms with Crippen LogP contribution >= 0.6 is 0 Å². The number of halogens is 1. The second-order valence-corrected chi connectivity index (χ2v) is 5.23. The Bertz CT molecular complexity index is 488. The Kier molecular flexibility index (Phi) is 5.52. The van der Waals surface area contributed by atoms with Gasteiger partial charge in [0.25, 0.3) is 0 Å². The molecule has 1 fully saturated rings. The third kappa shape index (κ3) is 4.68. The summed E-state index contributed by atoms with van der Waals surface area (Å²) >= 11 is 0. The number of methoxy groups -OCH3 is 1. The third-order valence-electron chi connectivity index (χ3n) is 3.73. The van der Waals surface area contributed by atoms with E-state index in [-0.39, 0.29) is 18.0 Å². The van der Waals surface area contributed by atoms with Gasteiger partial charge in [0.15, 0.2) is 11.6 Å². The Morgan fingerprint density at radius 3 is 2.52 bits per heavy atom. The molecule has 1 aromatic rings. The van der Waals surface area contributed by atoms with E-state index in [0.29, 0.717) is 13.1 Å². The summed E-state index contributed by atoms with van der Waals surface area (Å²) in [7, 11) is 1.45. The van der Waals surface area contributed by atoms with Gasteiger partial charge in [-0.15, -0.1) is 0 Å². The number of carboxylic acids is 1. The van der Waals surface area contributed by atoms with E-state index in [4.69, 9.17) is 9.84 Å². The zero-order valence-corrected chi connectivity index (χ0v) is 12.2. The van der Waals surface area contributed by atoms with Crippen LogP contribution in [0, 0.1) is 5.82 Å². The van der Waals surface area contributed by atoms with E-state index in [9.17, 15) is 9.18 Å². The highest BCUT2D eigenvalue weighted by atomic mass is 19.1. The van der Waals surface area contributed by atoms with Crippen molar-refractivity contribution in [3.8, 4) is 5.75 Å². The first-order valence-electron chi connectivity index (χ1n) is 7.07. The van der Waals surface area contributed by atoms with Crippen molar-refractivity contribution in [3.05, 3.63) is 29.6 Å². The smallest absolute Gasteiger partial charge is 0.304 e. The van der Waals surface area contributed by atoms with Crippen molar-refractivity contribution in [2.45, 2.75) is 13.0 Å². The van der Waals surface area contributed by atoms with Crippen LogP contribution < -0.4 is 4.74 Å². The average molecular weight is 296 g/mol. The van der Waals surface area contributed by atoms with Gasteiger partial charge in [-0.25, -0.2) is 4.39 Å². The van der Waals surface area contributed by atoms with Crippen LogP contribution in [0.15, 0.2) is 18.2 Å². The minimum absolute atomic E-state index is 0.184. The summed E-state index contributed by atoms with van der Waals surface area (Å²) < 4.78 is 18.5. The van der Waals surface area contributed by atoms with Crippen molar-refractivity contribution in [1.29, 1.82) is 0 Å². The lowest BCUT2D eigenvalue weighted by molar-refractivity contribution is -0.137. The zero-order chi connectivity index (χ0) is 15.2. The number of hydrogen-bond donors (Lipinski definition) is 1. The van der Waals surface area contributed by atoms with Crippen LogP contribution in [0.1, 0.15) is 12.0 Å². The fraction of sp³-hybridized carbons (Fsp3) is 0.533. The van der Waals surface area contributed by atoms with E-state index in [2.05, 4.69) is 9.80 Å². The number of rotatable bonds is 6. The highest BCUT2D eigenvalue weighted by Gasteiger charge is 2.17. The van der Waals surface area contributed by atoms with Gasteiger partial charge >= 0.3 is 5.97 Å². The Balaban J connectivity index is 1.80. The fourth-order valence-electron chi connectivity index (χ4n) is 2.49. The molecule has 0 spiro atoms. The molecule has 5 nitrogen and oxygen atoms in total. The van der Waals surface area contributed by atoms with Gasteiger partial charge in [-0.1, -0.05) is 6.07 Å². The topological polar surface area (TPSA) is 53.0 Å². The molecule has 0 amide bonds. The molecule has 1 aliphatic heterocycles. The van der Waals surface area contributed by atoms with Gasteiger partial charge in [-0.3, -0.25) is 9.69 Å². The van der Waals surface area contributed by atoms with Gasteiger partial charge in [-0.2, -0.15) is 0 Å². The van der Waals surface area contributed by atoms with Crippen LogP contribution in [0.3, 0.4) is 0 Å². The first kappa shape index (κ1) is 15.7.